The van der Waals surface area contributed by atoms with E-state index in [-0.39, 0.29) is 11.8 Å². The van der Waals surface area contributed by atoms with Crippen molar-refractivity contribution in [2.75, 3.05) is 6.54 Å². The van der Waals surface area contributed by atoms with Crippen molar-refractivity contribution in [3.63, 3.8) is 0 Å². The zero-order chi connectivity index (χ0) is 12.3. The standard InChI is InChI=1S/C12H26ClN3/c1-5-9(6-2)10-8(4)15-12(14)16(7-3)11(10)13/h8-12,15H,5-7,14H2,1-4H3. The van der Waals surface area contributed by atoms with Crippen molar-refractivity contribution < 1.29 is 0 Å². The second-order valence-corrected chi connectivity index (χ2v) is 5.20. The van der Waals surface area contributed by atoms with Gasteiger partial charge in [0.2, 0.25) is 0 Å². The molecule has 1 aliphatic heterocycles. The first-order valence-corrected chi connectivity index (χ1v) is 6.91. The Morgan fingerprint density at radius 1 is 1.31 bits per heavy atom. The molecule has 1 rings (SSSR count). The molecule has 0 spiro atoms. The van der Waals surface area contributed by atoms with E-state index < -0.39 is 0 Å². The van der Waals surface area contributed by atoms with E-state index in [1.165, 1.54) is 12.8 Å². The van der Waals surface area contributed by atoms with E-state index in [2.05, 4.69) is 37.9 Å². The van der Waals surface area contributed by atoms with Crippen molar-refractivity contribution in [3.8, 4) is 0 Å². The van der Waals surface area contributed by atoms with E-state index >= 15 is 0 Å². The van der Waals surface area contributed by atoms with E-state index in [4.69, 9.17) is 17.3 Å². The average Bonchev–Trinajstić information content (AvgIpc) is 2.24. The Balaban J connectivity index is 2.81. The van der Waals surface area contributed by atoms with E-state index in [9.17, 15) is 0 Å². The largest absolute Gasteiger partial charge is 0.303 e. The Morgan fingerprint density at radius 2 is 1.88 bits per heavy atom. The van der Waals surface area contributed by atoms with Crippen molar-refractivity contribution >= 4 is 11.6 Å². The minimum absolute atomic E-state index is 0.0566. The van der Waals surface area contributed by atoms with Gasteiger partial charge >= 0.3 is 0 Å². The van der Waals surface area contributed by atoms with Gasteiger partial charge in [-0.05, 0) is 19.4 Å². The Hall–Kier alpha value is 0.170. The second kappa shape index (κ2) is 6.20. The summed E-state index contributed by atoms with van der Waals surface area (Å²) in [5.41, 5.74) is 6.10. The summed E-state index contributed by atoms with van der Waals surface area (Å²) < 4.78 is 0. The summed E-state index contributed by atoms with van der Waals surface area (Å²) in [7, 11) is 0. The molecular weight excluding hydrogens is 222 g/mol. The highest BCUT2D eigenvalue weighted by Crippen LogP contribution is 2.33. The minimum Gasteiger partial charge on any atom is -0.303 e. The zero-order valence-electron chi connectivity index (χ0n) is 10.9. The summed E-state index contributed by atoms with van der Waals surface area (Å²) in [5.74, 6) is 1.16. The van der Waals surface area contributed by atoms with E-state index in [0.29, 0.717) is 17.9 Å². The van der Waals surface area contributed by atoms with Gasteiger partial charge in [-0.2, -0.15) is 0 Å². The average molecular weight is 248 g/mol. The molecule has 4 heteroatoms. The number of halogens is 1. The second-order valence-electron chi connectivity index (χ2n) is 4.76. The highest BCUT2D eigenvalue weighted by Gasteiger charge is 2.40. The lowest BCUT2D eigenvalue weighted by atomic mass is 9.81. The van der Waals surface area contributed by atoms with Gasteiger partial charge in [0, 0.05) is 12.0 Å². The van der Waals surface area contributed by atoms with Crippen LogP contribution in [0.25, 0.3) is 0 Å². The smallest absolute Gasteiger partial charge is 0.113 e. The summed E-state index contributed by atoms with van der Waals surface area (Å²) in [6, 6.07) is 0.394. The van der Waals surface area contributed by atoms with Crippen molar-refractivity contribution in [1.29, 1.82) is 0 Å². The fourth-order valence-corrected chi connectivity index (χ4v) is 3.61. The summed E-state index contributed by atoms with van der Waals surface area (Å²) >= 11 is 6.60. The molecule has 0 amide bonds. The van der Waals surface area contributed by atoms with Gasteiger partial charge in [0.05, 0.1) is 5.50 Å². The van der Waals surface area contributed by atoms with E-state index in [1.54, 1.807) is 0 Å². The molecule has 0 bridgehead atoms. The van der Waals surface area contributed by atoms with Crippen LogP contribution in [0.3, 0.4) is 0 Å². The van der Waals surface area contributed by atoms with Crippen LogP contribution in [0.4, 0.5) is 0 Å². The van der Waals surface area contributed by atoms with Gasteiger partial charge in [0.15, 0.2) is 0 Å². The maximum Gasteiger partial charge on any atom is 0.113 e. The van der Waals surface area contributed by atoms with Crippen molar-refractivity contribution in [3.05, 3.63) is 0 Å². The van der Waals surface area contributed by atoms with Gasteiger partial charge in [-0.15, -0.1) is 11.6 Å². The Morgan fingerprint density at radius 3 is 2.31 bits per heavy atom. The molecule has 96 valence electrons. The first kappa shape index (κ1) is 14.2. The van der Waals surface area contributed by atoms with Gasteiger partial charge in [0.1, 0.15) is 6.29 Å². The van der Waals surface area contributed by atoms with Crippen LogP contribution < -0.4 is 11.1 Å². The summed E-state index contributed by atoms with van der Waals surface area (Å²) in [5, 5.41) is 3.43. The van der Waals surface area contributed by atoms with Crippen LogP contribution in [-0.2, 0) is 0 Å². The lowest BCUT2D eigenvalue weighted by Gasteiger charge is -2.48. The van der Waals surface area contributed by atoms with E-state index in [1.807, 2.05) is 0 Å². The highest BCUT2D eigenvalue weighted by molar-refractivity contribution is 6.20. The maximum absolute atomic E-state index is 6.60. The summed E-state index contributed by atoms with van der Waals surface area (Å²) in [6.45, 7) is 9.69. The van der Waals surface area contributed by atoms with Crippen molar-refractivity contribution in [2.24, 2.45) is 17.6 Å². The Kier molecular flexibility index (Phi) is 5.51. The first-order chi connectivity index (χ1) is 7.56. The lowest BCUT2D eigenvalue weighted by molar-refractivity contribution is 0.0236. The highest BCUT2D eigenvalue weighted by atomic mass is 35.5. The molecule has 3 N–H and O–H groups in total. The number of nitrogens with two attached hydrogens (primary N) is 1. The molecule has 0 aromatic carbocycles. The molecule has 1 heterocycles. The normalized spacial score (nSPS) is 36.9. The zero-order valence-corrected chi connectivity index (χ0v) is 11.7. The van der Waals surface area contributed by atoms with Crippen LogP contribution in [0.2, 0.25) is 0 Å². The first-order valence-electron chi connectivity index (χ1n) is 6.48. The predicted molar refractivity (Wildman–Crippen MR) is 70.2 cm³/mol. The maximum atomic E-state index is 6.60. The molecular formula is C12H26ClN3. The number of rotatable bonds is 4. The molecule has 3 nitrogen and oxygen atoms in total. The topological polar surface area (TPSA) is 41.3 Å². The van der Waals surface area contributed by atoms with Crippen molar-refractivity contribution in [1.82, 2.24) is 10.2 Å². The van der Waals surface area contributed by atoms with Crippen LogP contribution in [0.1, 0.15) is 40.5 Å². The third-order valence-corrected chi connectivity index (χ3v) is 4.50. The predicted octanol–water partition coefficient (Wildman–Crippen LogP) is 2.16. The molecule has 0 saturated carbocycles. The Labute approximate surface area is 105 Å². The SMILES string of the molecule is CCC(CC)C1C(C)NC(N)N(CC)C1Cl. The number of hydrogen-bond donors (Lipinski definition) is 2. The summed E-state index contributed by atoms with van der Waals surface area (Å²) in [6.07, 6.45) is 2.26. The molecule has 0 aliphatic carbocycles. The van der Waals surface area contributed by atoms with Gasteiger partial charge in [0.25, 0.3) is 0 Å². The van der Waals surface area contributed by atoms with Gasteiger partial charge in [-0.3, -0.25) is 10.2 Å². The molecule has 1 saturated heterocycles. The molecule has 16 heavy (non-hydrogen) atoms. The van der Waals surface area contributed by atoms with Crippen LogP contribution >= 0.6 is 11.6 Å². The quantitative estimate of drug-likeness (QED) is 0.591. The molecule has 1 fully saturated rings. The molecule has 0 aromatic rings. The fraction of sp³-hybridized carbons (Fsp3) is 1.00. The Bertz CT molecular complexity index is 208. The number of nitrogens with zero attached hydrogens (tertiary/aromatic N) is 1. The monoisotopic (exact) mass is 247 g/mol. The van der Waals surface area contributed by atoms with Crippen LogP contribution in [-0.4, -0.2) is 29.3 Å². The van der Waals surface area contributed by atoms with Gasteiger partial charge in [-0.1, -0.05) is 33.6 Å². The van der Waals surface area contributed by atoms with Gasteiger partial charge in [-0.25, -0.2) is 0 Å². The van der Waals surface area contributed by atoms with Crippen LogP contribution in [0.5, 0.6) is 0 Å². The molecule has 4 atom stereocenters. The number of hydrogen-bond acceptors (Lipinski definition) is 3. The molecule has 0 aromatic heterocycles. The fourth-order valence-electron chi connectivity index (χ4n) is 2.93. The van der Waals surface area contributed by atoms with Crippen molar-refractivity contribution in [2.45, 2.75) is 58.4 Å². The lowest BCUT2D eigenvalue weighted by Crippen LogP contribution is -2.67. The molecule has 1 aliphatic rings. The van der Waals surface area contributed by atoms with Crippen LogP contribution in [0.15, 0.2) is 0 Å². The third-order valence-electron chi connectivity index (χ3n) is 3.96. The molecule has 0 radical (unpaired) electrons. The van der Waals surface area contributed by atoms with E-state index in [0.717, 1.165) is 6.54 Å². The number of nitrogens with one attached hydrogen (secondary N) is 1. The van der Waals surface area contributed by atoms with Crippen LogP contribution in [0, 0.1) is 11.8 Å². The minimum atomic E-state index is -0.104. The number of alkyl halides is 1. The summed E-state index contributed by atoms with van der Waals surface area (Å²) in [4.78, 5) is 2.14. The van der Waals surface area contributed by atoms with Gasteiger partial charge < -0.3 is 5.73 Å². The molecule has 4 unspecified atom stereocenters. The third kappa shape index (κ3) is 2.70.